The molecule has 7 heteroatoms. The monoisotopic (exact) mass is 292 g/mol. The highest BCUT2D eigenvalue weighted by molar-refractivity contribution is 7.99. The molecule has 2 aromatic rings. The second-order valence-electron chi connectivity index (χ2n) is 4.43. The molecule has 0 aliphatic heterocycles. The van der Waals surface area contributed by atoms with Gasteiger partial charge in [-0.2, -0.15) is 4.98 Å². The van der Waals surface area contributed by atoms with Gasteiger partial charge < -0.3 is 5.32 Å². The van der Waals surface area contributed by atoms with E-state index in [1.54, 1.807) is 7.05 Å². The largest absolute Gasteiger partial charge is 0.339 e. The number of hydrogen-bond donors (Lipinski definition) is 2. The Labute approximate surface area is 120 Å². The second kappa shape index (κ2) is 6.06. The molecule has 0 saturated heterocycles. The zero-order valence-corrected chi connectivity index (χ0v) is 12.4. The van der Waals surface area contributed by atoms with Crippen LogP contribution in [0.4, 0.5) is 0 Å². The molecule has 0 atom stereocenters. The van der Waals surface area contributed by atoms with Gasteiger partial charge in [0, 0.05) is 18.5 Å². The van der Waals surface area contributed by atoms with Crippen molar-refractivity contribution in [1.29, 1.82) is 0 Å². The lowest BCUT2D eigenvalue weighted by Crippen LogP contribution is -2.33. The Kier molecular flexibility index (Phi) is 4.41. The molecule has 0 bridgehead atoms. The molecule has 2 N–H and O–H groups in total. The first kappa shape index (κ1) is 14.5. The smallest absolute Gasteiger partial charge is 0.316 e. The minimum Gasteiger partial charge on any atom is -0.316 e. The molecule has 106 valence electrons. The number of aryl methyl sites for hydroxylation is 2. The van der Waals surface area contributed by atoms with E-state index in [4.69, 9.17) is 0 Å². The van der Waals surface area contributed by atoms with Crippen LogP contribution < -0.4 is 16.4 Å². The molecule has 0 radical (unpaired) electrons. The maximum Gasteiger partial charge on any atom is 0.339 e. The van der Waals surface area contributed by atoms with E-state index in [0.717, 1.165) is 17.0 Å². The summed E-state index contributed by atoms with van der Waals surface area (Å²) in [5.41, 5.74) is 0.814. The third-order valence-electron chi connectivity index (χ3n) is 2.77. The van der Waals surface area contributed by atoms with Crippen molar-refractivity contribution in [1.82, 2.24) is 20.1 Å². The first-order chi connectivity index (χ1) is 9.51. The fraction of sp³-hybridized carbons (Fsp3) is 0.308. The van der Waals surface area contributed by atoms with E-state index in [2.05, 4.69) is 21.5 Å². The highest BCUT2D eigenvalue weighted by Gasteiger charge is 2.08. The van der Waals surface area contributed by atoms with Gasteiger partial charge in [0.1, 0.15) is 0 Å². The minimum atomic E-state index is -0.768. The third-order valence-corrected chi connectivity index (χ3v) is 3.99. The molecule has 0 aliphatic rings. The van der Waals surface area contributed by atoms with E-state index >= 15 is 0 Å². The van der Waals surface area contributed by atoms with Gasteiger partial charge in [-0.15, -0.1) is 0 Å². The topological polar surface area (TPSA) is 79.8 Å². The van der Waals surface area contributed by atoms with Crippen molar-refractivity contribution >= 4 is 11.8 Å². The van der Waals surface area contributed by atoms with Crippen LogP contribution in [0.25, 0.3) is 0 Å². The summed E-state index contributed by atoms with van der Waals surface area (Å²) in [6.45, 7) is 2.81. The van der Waals surface area contributed by atoms with Gasteiger partial charge in [0.05, 0.1) is 0 Å². The molecule has 0 saturated carbocycles. The van der Waals surface area contributed by atoms with E-state index in [1.165, 1.54) is 22.0 Å². The van der Waals surface area contributed by atoms with Gasteiger partial charge in [-0.25, -0.2) is 0 Å². The fourth-order valence-corrected chi connectivity index (χ4v) is 2.65. The summed E-state index contributed by atoms with van der Waals surface area (Å²) in [4.78, 5) is 27.3. The van der Waals surface area contributed by atoms with Crippen LogP contribution in [0, 0.1) is 6.92 Å². The molecule has 0 amide bonds. The fourth-order valence-electron chi connectivity index (χ4n) is 1.79. The van der Waals surface area contributed by atoms with Gasteiger partial charge in [0.15, 0.2) is 5.16 Å². The predicted octanol–water partition coefficient (Wildman–Crippen LogP) is 0.648. The van der Waals surface area contributed by atoms with E-state index in [0.29, 0.717) is 5.16 Å². The van der Waals surface area contributed by atoms with Gasteiger partial charge in [-0.05, 0) is 42.9 Å². The highest BCUT2D eigenvalue weighted by Crippen LogP contribution is 2.28. The van der Waals surface area contributed by atoms with E-state index < -0.39 is 11.1 Å². The molecule has 0 fully saturated rings. The summed E-state index contributed by atoms with van der Waals surface area (Å²) < 4.78 is 1.45. The van der Waals surface area contributed by atoms with Crippen LogP contribution in [-0.4, -0.2) is 21.8 Å². The van der Waals surface area contributed by atoms with E-state index in [-0.39, 0.29) is 0 Å². The Hall–Kier alpha value is -1.86. The van der Waals surface area contributed by atoms with E-state index in [1.807, 2.05) is 26.1 Å². The Morgan fingerprint density at radius 2 is 2.15 bits per heavy atom. The molecule has 20 heavy (non-hydrogen) atoms. The molecule has 2 rings (SSSR count). The molecule has 1 heterocycles. The van der Waals surface area contributed by atoms with Crippen molar-refractivity contribution < 1.29 is 0 Å². The van der Waals surface area contributed by atoms with Crippen molar-refractivity contribution in [3.63, 3.8) is 0 Å². The summed E-state index contributed by atoms with van der Waals surface area (Å²) in [5.74, 6) is 0. The molecule has 0 aliphatic carbocycles. The number of aromatic amines is 1. The third kappa shape index (κ3) is 3.17. The lowest BCUT2D eigenvalue weighted by atomic mass is 10.1. The summed E-state index contributed by atoms with van der Waals surface area (Å²) in [5, 5.41) is 5.99. The van der Waals surface area contributed by atoms with Gasteiger partial charge in [-0.1, -0.05) is 12.1 Å². The number of nitrogens with zero attached hydrogens (tertiary/aromatic N) is 2. The molecule has 1 aromatic carbocycles. The first-order valence-corrected chi connectivity index (χ1v) is 6.92. The van der Waals surface area contributed by atoms with Gasteiger partial charge in [0.25, 0.3) is 0 Å². The second-order valence-corrected chi connectivity index (χ2v) is 5.44. The average Bonchev–Trinajstić information content (AvgIpc) is 2.39. The lowest BCUT2D eigenvalue weighted by Gasteiger charge is -2.09. The van der Waals surface area contributed by atoms with Crippen molar-refractivity contribution in [3.8, 4) is 0 Å². The first-order valence-electron chi connectivity index (χ1n) is 6.10. The molecular weight excluding hydrogens is 276 g/mol. The van der Waals surface area contributed by atoms with Crippen LogP contribution in [0.3, 0.4) is 0 Å². The van der Waals surface area contributed by atoms with Crippen molar-refractivity contribution in [2.75, 3.05) is 7.05 Å². The summed E-state index contributed by atoms with van der Waals surface area (Å²) in [7, 11) is 3.55. The summed E-state index contributed by atoms with van der Waals surface area (Å²) in [6.07, 6.45) is 0. The van der Waals surface area contributed by atoms with Crippen molar-refractivity contribution in [3.05, 3.63) is 50.0 Å². The quantitative estimate of drug-likeness (QED) is 0.809. The number of benzene rings is 1. The highest BCUT2D eigenvalue weighted by atomic mass is 32.2. The van der Waals surface area contributed by atoms with Crippen LogP contribution in [0.1, 0.15) is 11.1 Å². The van der Waals surface area contributed by atoms with Crippen LogP contribution in [0.2, 0.25) is 0 Å². The maximum absolute atomic E-state index is 11.3. The van der Waals surface area contributed by atoms with Crippen LogP contribution in [0.5, 0.6) is 0 Å². The SMILES string of the molecule is CNCc1ccc(Sc2nc(=O)c(=O)[nH]n2C)c(C)c1. The van der Waals surface area contributed by atoms with Gasteiger partial charge in [0.2, 0.25) is 0 Å². The van der Waals surface area contributed by atoms with Crippen LogP contribution in [0.15, 0.2) is 37.8 Å². The Morgan fingerprint density at radius 3 is 2.80 bits per heavy atom. The number of nitrogens with one attached hydrogen (secondary N) is 2. The van der Waals surface area contributed by atoms with Crippen LogP contribution >= 0.6 is 11.8 Å². The molecule has 0 unspecified atom stereocenters. The Bertz CT molecular complexity index is 736. The van der Waals surface area contributed by atoms with Gasteiger partial charge >= 0.3 is 11.1 Å². The number of hydrogen-bond acceptors (Lipinski definition) is 5. The Morgan fingerprint density at radius 1 is 1.40 bits per heavy atom. The number of rotatable bonds is 4. The Balaban J connectivity index is 2.33. The predicted molar refractivity (Wildman–Crippen MR) is 78.2 cm³/mol. The zero-order valence-electron chi connectivity index (χ0n) is 11.6. The van der Waals surface area contributed by atoms with Crippen molar-refractivity contribution in [2.24, 2.45) is 7.05 Å². The summed E-state index contributed by atoms with van der Waals surface area (Å²) >= 11 is 1.35. The average molecular weight is 292 g/mol. The molecule has 1 aromatic heterocycles. The maximum atomic E-state index is 11.3. The number of aromatic nitrogens is 3. The molecule has 0 spiro atoms. The standard InChI is InChI=1S/C13H16N4O2S/c1-8-6-9(7-14-2)4-5-10(8)20-13-15-11(18)12(19)16-17(13)3/h4-6,14H,7H2,1-3H3,(H,16,19). The molecule has 6 nitrogen and oxygen atoms in total. The normalized spacial score (nSPS) is 10.8. The lowest BCUT2D eigenvalue weighted by molar-refractivity contribution is 0.596. The van der Waals surface area contributed by atoms with E-state index in [9.17, 15) is 9.59 Å². The van der Waals surface area contributed by atoms with Crippen LogP contribution in [-0.2, 0) is 13.6 Å². The van der Waals surface area contributed by atoms with Gasteiger partial charge in [-0.3, -0.25) is 19.4 Å². The van der Waals surface area contributed by atoms with Crippen molar-refractivity contribution in [2.45, 2.75) is 23.5 Å². The number of H-pyrrole nitrogens is 1. The minimum absolute atomic E-state index is 0.457. The zero-order chi connectivity index (χ0) is 14.7. The summed E-state index contributed by atoms with van der Waals surface area (Å²) in [6, 6.07) is 6.10. The molecular formula is C13H16N4O2S.